The Bertz CT molecular complexity index is 833. The zero-order valence-electron chi connectivity index (χ0n) is 19.7. The number of rotatable bonds is 10. The molecule has 1 aromatic carbocycles. The molecule has 0 bridgehead atoms. The second-order valence-electron chi connectivity index (χ2n) is 7.60. The topological polar surface area (TPSA) is 87.1 Å². The van der Waals surface area contributed by atoms with Crippen molar-refractivity contribution in [2.45, 2.75) is 20.0 Å². The molecular formula is C23H36IN7O2. The number of anilines is 1. The minimum Gasteiger partial charge on any atom is -0.493 e. The van der Waals surface area contributed by atoms with Crippen molar-refractivity contribution in [3.05, 3.63) is 42.7 Å². The Morgan fingerprint density at radius 1 is 1.06 bits per heavy atom. The molecule has 182 valence electrons. The highest BCUT2D eigenvalue weighted by molar-refractivity contribution is 14.0. The molecule has 3 rings (SSSR count). The lowest BCUT2D eigenvalue weighted by Gasteiger charge is -2.34. The fraction of sp³-hybridized carbons (Fsp3) is 0.522. The number of aromatic nitrogens is 2. The van der Waals surface area contributed by atoms with Crippen LogP contribution in [0.3, 0.4) is 0 Å². The van der Waals surface area contributed by atoms with E-state index >= 15 is 0 Å². The van der Waals surface area contributed by atoms with Gasteiger partial charge in [0, 0.05) is 58.2 Å². The smallest absolute Gasteiger partial charge is 0.225 e. The minimum absolute atomic E-state index is 0. The van der Waals surface area contributed by atoms with Crippen LogP contribution in [-0.4, -0.2) is 86.4 Å². The van der Waals surface area contributed by atoms with E-state index in [0.717, 1.165) is 69.2 Å². The average molecular weight is 569 g/mol. The van der Waals surface area contributed by atoms with E-state index < -0.39 is 0 Å². The molecule has 1 aromatic heterocycles. The highest BCUT2D eigenvalue weighted by Crippen LogP contribution is 2.26. The van der Waals surface area contributed by atoms with Crippen LogP contribution in [0.5, 0.6) is 11.5 Å². The van der Waals surface area contributed by atoms with Crippen molar-refractivity contribution in [3.63, 3.8) is 0 Å². The quantitative estimate of drug-likeness (QED) is 0.256. The lowest BCUT2D eigenvalue weighted by molar-refractivity contribution is 0.219. The molecule has 1 atom stereocenters. The molecule has 0 aliphatic carbocycles. The molecule has 1 aliphatic rings. The van der Waals surface area contributed by atoms with Crippen molar-refractivity contribution < 1.29 is 9.47 Å². The number of guanidine groups is 1. The number of nitrogens with zero attached hydrogens (tertiary/aromatic N) is 5. The molecule has 2 heterocycles. The van der Waals surface area contributed by atoms with E-state index in [1.54, 1.807) is 19.5 Å². The Morgan fingerprint density at radius 2 is 1.76 bits per heavy atom. The van der Waals surface area contributed by atoms with E-state index in [1.807, 2.05) is 37.3 Å². The van der Waals surface area contributed by atoms with Gasteiger partial charge in [0.2, 0.25) is 5.95 Å². The van der Waals surface area contributed by atoms with Gasteiger partial charge in [-0.3, -0.25) is 4.90 Å². The molecule has 0 saturated carbocycles. The normalized spacial score (nSPS) is 15.4. The zero-order chi connectivity index (χ0) is 22.6. The monoisotopic (exact) mass is 569 g/mol. The maximum Gasteiger partial charge on any atom is 0.225 e. The van der Waals surface area contributed by atoms with Gasteiger partial charge in [-0.1, -0.05) is 12.1 Å². The maximum absolute atomic E-state index is 6.00. The fourth-order valence-electron chi connectivity index (χ4n) is 3.49. The van der Waals surface area contributed by atoms with Gasteiger partial charge in [-0.15, -0.1) is 24.0 Å². The van der Waals surface area contributed by atoms with E-state index in [9.17, 15) is 0 Å². The fourth-order valence-corrected chi connectivity index (χ4v) is 3.49. The number of ether oxygens (including phenoxy) is 2. The second kappa shape index (κ2) is 14.7. The Morgan fingerprint density at radius 3 is 2.42 bits per heavy atom. The summed E-state index contributed by atoms with van der Waals surface area (Å²) in [7, 11) is 1.65. The first-order valence-electron chi connectivity index (χ1n) is 11.3. The number of piperazine rings is 1. The molecule has 2 N–H and O–H groups in total. The van der Waals surface area contributed by atoms with Crippen LogP contribution < -0.4 is 25.0 Å². The van der Waals surface area contributed by atoms with Crippen LogP contribution in [0.1, 0.15) is 13.8 Å². The molecule has 1 unspecified atom stereocenters. The van der Waals surface area contributed by atoms with Crippen molar-refractivity contribution in [1.29, 1.82) is 0 Å². The van der Waals surface area contributed by atoms with E-state index in [1.165, 1.54) is 0 Å². The highest BCUT2D eigenvalue weighted by Gasteiger charge is 2.18. The predicted molar refractivity (Wildman–Crippen MR) is 143 cm³/mol. The average Bonchev–Trinajstić information content (AvgIpc) is 2.84. The van der Waals surface area contributed by atoms with Crippen molar-refractivity contribution in [2.75, 3.05) is 64.4 Å². The van der Waals surface area contributed by atoms with Crippen molar-refractivity contribution in [1.82, 2.24) is 25.5 Å². The van der Waals surface area contributed by atoms with Crippen LogP contribution in [0, 0.1) is 0 Å². The molecule has 10 heteroatoms. The molecule has 0 spiro atoms. The standard InChI is InChI=1S/C23H35N7O2.HI/c1-4-24-22(28-18-19(2)32-21-9-6-5-8-20(21)31-3)25-12-13-29-14-16-30(17-15-29)23-26-10-7-11-27-23;/h5-11,19H,4,12-18H2,1-3H3,(H2,24,25,28);1H. The molecule has 1 aliphatic heterocycles. The summed E-state index contributed by atoms with van der Waals surface area (Å²) in [5, 5.41) is 6.74. The third-order valence-electron chi connectivity index (χ3n) is 5.18. The van der Waals surface area contributed by atoms with Crippen LogP contribution in [0.15, 0.2) is 47.7 Å². The lowest BCUT2D eigenvalue weighted by Crippen LogP contribution is -2.49. The van der Waals surface area contributed by atoms with Gasteiger partial charge in [-0.25, -0.2) is 15.0 Å². The first-order chi connectivity index (χ1) is 15.7. The van der Waals surface area contributed by atoms with Gasteiger partial charge in [-0.2, -0.15) is 0 Å². The van der Waals surface area contributed by atoms with Crippen LogP contribution in [0.25, 0.3) is 0 Å². The van der Waals surface area contributed by atoms with Gasteiger partial charge in [0.1, 0.15) is 6.10 Å². The second-order valence-corrected chi connectivity index (χ2v) is 7.60. The van der Waals surface area contributed by atoms with E-state index in [0.29, 0.717) is 6.54 Å². The minimum atomic E-state index is -0.0740. The summed E-state index contributed by atoms with van der Waals surface area (Å²) in [5.74, 6) is 3.08. The van der Waals surface area contributed by atoms with Crippen LogP contribution in [0.2, 0.25) is 0 Å². The SMILES string of the molecule is CCNC(=NCC(C)Oc1ccccc1OC)NCCN1CCN(c2ncccn2)CC1.I. The number of para-hydroxylation sites is 2. The summed E-state index contributed by atoms with van der Waals surface area (Å²) in [6.07, 6.45) is 3.51. The van der Waals surface area contributed by atoms with E-state index in [-0.39, 0.29) is 30.1 Å². The number of nitrogens with one attached hydrogen (secondary N) is 2. The maximum atomic E-state index is 6.00. The Hall–Kier alpha value is -2.34. The van der Waals surface area contributed by atoms with Crippen molar-refractivity contribution in [3.8, 4) is 11.5 Å². The summed E-state index contributed by atoms with van der Waals surface area (Å²) < 4.78 is 11.4. The third-order valence-corrected chi connectivity index (χ3v) is 5.18. The number of halogens is 1. The summed E-state index contributed by atoms with van der Waals surface area (Å²) in [6, 6.07) is 9.51. The number of benzene rings is 1. The van der Waals surface area contributed by atoms with Gasteiger partial charge < -0.3 is 25.0 Å². The Labute approximate surface area is 214 Å². The van der Waals surface area contributed by atoms with Gasteiger partial charge in [-0.05, 0) is 32.0 Å². The molecule has 33 heavy (non-hydrogen) atoms. The zero-order valence-corrected chi connectivity index (χ0v) is 22.1. The number of aliphatic imine (C=N–C) groups is 1. The summed E-state index contributed by atoms with van der Waals surface area (Å²) in [4.78, 5) is 18.1. The van der Waals surface area contributed by atoms with E-state index in [4.69, 9.17) is 9.47 Å². The molecule has 0 radical (unpaired) electrons. The Kier molecular flexibility index (Phi) is 12.0. The van der Waals surface area contributed by atoms with Crippen molar-refractivity contribution >= 4 is 35.9 Å². The lowest BCUT2D eigenvalue weighted by atomic mass is 10.3. The number of hydrogen-bond acceptors (Lipinski definition) is 7. The Balaban J connectivity index is 0.00000385. The molecule has 9 nitrogen and oxygen atoms in total. The first-order valence-corrected chi connectivity index (χ1v) is 11.3. The molecular weight excluding hydrogens is 533 g/mol. The van der Waals surface area contributed by atoms with Crippen molar-refractivity contribution in [2.24, 2.45) is 4.99 Å². The van der Waals surface area contributed by atoms with Crippen LogP contribution in [0.4, 0.5) is 5.95 Å². The number of hydrogen-bond donors (Lipinski definition) is 2. The number of methoxy groups -OCH3 is 1. The van der Waals surface area contributed by atoms with Gasteiger partial charge >= 0.3 is 0 Å². The van der Waals surface area contributed by atoms with Gasteiger partial charge in [0.25, 0.3) is 0 Å². The summed E-state index contributed by atoms with van der Waals surface area (Å²) in [5.41, 5.74) is 0. The largest absolute Gasteiger partial charge is 0.493 e. The van der Waals surface area contributed by atoms with Gasteiger partial charge in [0.05, 0.1) is 13.7 Å². The molecule has 2 aromatic rings. The summed E-state index contributed by atoms with van der Waals surface area (Å²) in [6.45, 7) is 11.1. The molecule has 0 amide bonds. The molecule has 1 fully saturated rings. The van der Waals surface area contributed by atoms with Crippen LogP contribution in [-0.2, 0) is 0 Å². The third kappa shape index (κ3) is 8.84. The highest BCUT2D eigenvalue weighted by atomic mass is 127. The van der Waals surface area contributed by atoms with E-state index in [2.05, 4.69) is 42.3 Å². The molecule has 1 saturated heterocycles. The van der Waals surface area contributed by atoms with Crippen LogP contribution >= 0.6 is 24.0 Å². The van der Waals surface area contributed by atoms with Gasteiger partial charge in [0.15, 0.2) is 17.5 Å². The predicted octanol–water partition coefficient (Wildman–Crippen LogP) is 2.25. The first kappa shape index (κ1) is 26.9. The summed E-state index contributed by atoms with van der Waals surface area (Å²) >= 11 is 0.